The molecule has 3 nitrogen and oxygen atoms in total. The van der Waals surface area contributed by atoms with Gasteiger partial charge in [-0.2, -0.15) is 0 Å². The molecule has 0 radical (unpaired) electrons. The van der Waals surface area contributed by atoms with Gasteiger partial charge >= 0.3 is 0 Å². The van der Waals surface area contributed by atoms with Crippen LogP contribution in [0.25, 0.3) is 0 Å². The highest BCUT2D eigenvalue weighted by Crippen LogP contribution is 2.52. The normalized spacial score (nSPS) is 34.0. The number of amides is 1. The first-order chi connectivity index (χ1) is 10.7. The number of hydrogen-bond acceptors (Lipinski definition) is 2. The molecule has 2 bridgehead atoms. The van der Waals surface area contributed by atoms with Crippen molar-refractivity contribution in [3.05, 3.63) is 35.9 Å². The highest BCUT2D eigenvalue weighted by atomic mass is 16.3. The predicted molar refractivity (Wildman–Crippen MR) is 85.3 cm³/mol. The van der Waals surface area contributed by atoms with Gasteiger partial charge in [-0.15, -0.1) is 0 Å². The Morgan fingerprint density at radius 1 is 1.18 bits per heavy atom. The van der Waals surface area contributed by atoms with Crippen LogP contribution in [0.2, 0.25) is 0 Å². The van der Waals surface area contributed by atoms with Crippen LogP contribution in [-0.2, 0) is 11.2 Å². The maximum absolute atomic E-state index is 12.8. The molecule has 0 unspecified atom stereocenters. The van der Waals surface area contributed by atoms with Crippen molar-refractivity contribution in [2.75, 3.05) is 6.61 Å². The smallest absolute Gasteiger partial charge is 0.226 e. The number of benzene rings is 1. The Kier molecular flexibility index (Phi) is 3.48. The number of rotatable bonds is 4. The zero-order valence-corrected chi connectivity index (χ0v) is 13.1. The molecular formula is C19H25NO2. The van der Waals surface area contributed by atoms with Crippen molar-refractivity contribution in [2.45, 2.75) is 57.0 Å². The van der Waals surface area contributed by atoms with Gasteiger partial charge in [0, 0.05) is 23.4 Å². The number of fused-ring (bicyclic) bond motifs is 2. The molecule has 2 saturated heterocycles. The molecule has 3 fully saturated rings. The molecule has 2 heterocycles. The Morgan fingerprint density at radius 2 is 1.95 bits per heavy atom. The quantitative estimate of drug-likeness (QED) is 0.928. The van der Waals surface area contributed by atoms with Crippen LogP contribution >= 0.6 is 0 Å². The van der Waals surface area contributed by atoms with Crippen molar-refractivity contribution in [1.29, 1.82) is 0 Å². The van der Waals surface area contributed by atoms with Crippen LogP contribution in [0.15, 0.2) is 30.3 Å². The van der Waals surface area contributed by atoms with E-state index in [4.69, 9.17) is 0 Å². The summed E-state index contributed by atoms with van der Waals surface area (Å²) in [5.41, 5.74) is 1.16. The van der Waals surface area contributed by atoms with Gasteiger partial charge < -0.3 is 10.0 Å². The minimum atomic E-state index is -0.121. The van der Waals surface area contributed by atoms with Crippen LogP contribution in [0.4, 0.5) is 0 Å². The standard InChI is InChI=1S/C19H25NO2/c21-13-19(11-14-5-2-1-3-6-14)12-16-9-10-17(19)20(16)18(22)15-7-4-8-15/h1-3,5-6,15-17,21H,4,7-13H2/t16-,17+,19-/m0/s1. The minimum Gasteiger partial charge on any atom is -0.396 e. The first kappa shape index (κ1) is 14.3. The van der Waals surface area contributed by atoms with Crippen LogP contribution in [-0.4, -0.2) is 34.6 Å². The second-order valence-corrected chi connectivity index (χ2v) is 7.51. The number of carbonyl (C=O) groups excluding carboxylic acids is 1. The molecule has 118 valence electrons. The monoisotopic (exact) mass is 299 g/mol. The van der Waals surface area contributed by atoms with Crippen molar-refractivity contribution in [3.8, 4) is 0 Å². The topological polar surface area (TPSA) is 40.5 Å². The van der Waals surface area contributed by atoms with Crippen LogP contribution in [0.1, 0.15) is 44.1 Å². The van der Waals surface area contributed by atoms with Gasteiger partial charge in [-0.25, -0.2) is 0 Å². The van der Waals surface area contributed by atoms with E-state index in [0.29, 0.717) is 11.9 Å². The van der Waals surface area contributed by atoms with Gasteiger partial charge in [-0.1, -0.05) is 36.8 Å². The molecule has 4 rings (SSSR count). The number of nitrogens with zero attached hydrogens (tertiary/aromatic N) is 1. The van der Waals surface area contributed by atoms with E-state index in [2.05, 4.69) is 29.2 Å². The minimum absolute atomic E-state index is 0.121. The average Bonchev–Trinajstić information content (AvgIpc) is 3.02. The van der Waals surface area contributed by atoms with Gasteiger partial charge in [0.25, 0.3) is 0 Å². The van der Waals surface area contributed by atoms with Gasteiger partial charge in [-0.05, 0) is 44.1 Å². The number of aliphatic hydroxyl groups is 1. The molecule has 0 aromatic heterocycles. The Bertz CT molecular complexity index is 554. The van der Waals surface area contributed by atoms with E-state index in [-0.39, 0.29) is 24.0 Å². The summed E-state index contributed by atoms with van der Waals surface area (Å²) in [4.78, 5) is 15.0. The Morgan fingerprint density at radius 3 is 2.59 bits per heavy atom. The van der Waals surface area contributed by atoms with E-state index < -0.39 is 0 Å². The summed E-state index contributed by atoms with van der Waals surface area (Å²) in [7, 11) is 0. The van der Waals surface area contributed by atoms with Gasteiger partial charge in [-0.3, -0.25) is 4.79 Å². The van der Waals surface area contributed by atoms with Crippen molar-refractivity contribution < 1.29 is 9.90 Å². The molecule has 1 aromatic rings. The number of hydrogen-bond donors (Lipinski definition) is 1. The summed E-state index contributed by atoms with van der Waals surface area (Å²) in [6, 6.07) is 11.0. The predicted octanol–water partition coefficient (Wildman–Crippen LogP) is 2.77. The molecule has 2 aliphatic heterocycles. The first-order valence-electron chi connectivity index (χ1n) is 8.70. The molecule has 3 heteroatoms. The maximum Gasteiger partial charge on any atom is 0.226 e. The van der Waals surface area contributed by atoms with Gasteiger partial charge in [0.1, 0.15) is 0 Å². The summed E-state index contributed by atoms with van der Waals surface area (Å²) >= 11 is 0. The summed E-state index contributed by atoms with van der Waals surface area (Å²) < 4.78 is 0. The second-order valence-electron chi connectivity index (χ2n) is 7.51. The van der Waals surface area contributed by atoms with E-state index in [1.54, 1.807) is 0 Å². The lowest BCUT2D eigenvalue weighted by Crippen LogP contribution is -2.46. The molecule has 1 N–H and O–H groups in total. The second kappa shape index (κ2) is 5.38. The van der Waals surface area contributed by atoms with Crippen LogP contribution in [0.3, 0.4) is 0 Å². The van der Waals surface area contributed by atoms with Gasteiger partial charge in [0.2, 0.25) is 5.91 Å². The molecule has 3 atom stereocenters. The zero-order valence-electron chi connectivity index (χ0n) is 13.1. The fourth-order valence-electron chi connectivity index (χ4n) is 4.91. The lowest BCUT2D eigenvalue weighted by atomic mass is 9.70. The highest BCUT2D eigenvalue weighted by Gasteiger charge is 2.57. The SMILES string of the molecule is O=C(C1CCC1)N1[C@H]2CC[C@@H]1[C@@](CO)(Cc1ccccc1)C2. The fraction of sp³-hybridized carbons (Fsp3) is 0.632. The summed E-state index contributed by atoms with van der Waals surface area (Å²) in [5, 5.41) is 10.2. The van der Waals surface area contributed by atoms with Crippen LogP contribution < -0.4 is 0 Å². The molecule has 0 spiro atoms. The third-order valence-electron chi connectivity index (χ3n) is 6.27. The molecule has 1 aromatic carbocycles. The summed E-state index contributed by atoms with van der Waals surface area (Å²) in [5.74, 6) is 0.649. The lowest BCUT2D eigenvalue weighted by molar-refractivity contribution is -0.140. The highest BCUT2D eigenvalue weighted by molar-refractivity contribution is 5.81. The molecule has 1 amide bonds. The largest absolute Gasteiger partial charge is 0.396 e. The van der Waals surface area contributed by atoms with Crippen LogP contribution in [0, 0.1) is 11.3 Å². The summed E-state index contributed by atoms with van der Waals surface area (Å²) in [6.45, 7) is 0.192. The van der Waals surface area contributed by atoms with Crippen LogP contribution in [0.5, 0.6) is 0 Å². The number of aliphatic hydroxyl groups excluding tert-OH is 1. The number of carbonyl (C=O) groups is 1. The van der Waals surface area contributed by atoms with Crippen molar-refractivity contribution in [2.24, 2.45) is 11.3 Å². The Hall–Kier alpha value is -1.35. The molecule has 1 aliphatic carbocycles. The molecule has 1 saturated carbocycles. The van der Waals surface area contributed by atoms with Crippen molar-refractivity contribution in [3.63, 3.8) is 0 Å². The van der Waals surface area contributed by atoms with E-state index in [0.717, 1.165) is 38.5 Å². The fourth-order valence-corrected chi connectivity index (χ4v) is 4.91. The zero-order chi connectivity index (χ0) is 15.2. The van der Waals surface area contributed by atoms with Crippen molar-refractivity contribution in [1.82, 2.24) is 4.90 Å². The van der Waals surface area contributed by atoms with Gasteiger partial charge in [0.05, 0.1) is 6.61 Å². The summed E-state index contributed by atoms with van der Waals surface area (Å²) in [6.07, 6.45) is 7.39. The molecule has 22 heavy (non-hydrogen) atoms. The molecular weight excluding hydrogens is 274 g/mol. The first-order valence-corrected chi connectivity index (χ1v) is 8.70. The van der Waals surface area contributed by atoms with E-state index in [9.17, 15) is 9.90 Å². The van der Waals surface area contributed by atoms with E-state index in [1.165, 1.54) is 12.0 Å². The maximum atomic E-state index is 12.8. The Balaban J connectivity index is 1.58. The lowest BCUT2D eigenvalue weighted by Gasteiger charge is -2.37. The van der Waals surface area contributed by atoms with Crippen molar-refractivity contribution >= 4 is 5.91 Å². The average molecular weight is 299 g/mol. The third-order valence-corrected chi connectivity index (χ3v) is 6.27. The van der Waals surface area contributed by atoms with E-state index in [1.807, 2.05) is 6.07 Å². The van der Waals surface area contributed by atoms with E-state index >= 15 is 0 Å². The Labute approximate surface area is 132 Å². The van der Waals surface area contributed by atoms with Gasteiger partial charge in [0.15, 0.2) is 0 Å². The third kappa shape index (κ3) is 2.10. The molecule has 3 aliphatic rings.